The van der Waals surface area contributed by atoms with Crippen LogP contribution in [0.2, 0.25) is 0 Å². The normalized spacial score (nSPS) is 16.0. The number of hydrogen-bond donors (Lipinski definition) is 0. The third-order valence-corrected chi connectivity index (χ3v) is 4.78. The van der Waals surface area contributed by atoms with Gasteiger partial charge in [0.2, 0.25) is 5.91 Å². The molecule has 1 aliphatic heterocycles. The van der Waals surface area contributed by atoms with Gasteiger partial charge in [-0.3, -0.25) is 9.69 Å². The largest absolute Gasteiger partial charge is 0.488 e. The van der Waals surface area contributed by atoms with Crippen LogP contribution in [0.4, 0.5) is 0 Å². The van der Waals surface area contributed by atoms with E-state index in [1.54, 1.807) is 16.6 Å². The standard InChI is InChI=1S/C18H26N6O2/c1-13(2)22(3)11-17-19-20-21-24(17)12-18(25)23(4)10-15-9-14-7-5-6-8-16(14)26-15/h5-8,13,15H,9-12H2,1-4H3/t15-/m1/s1. The zero-order chi connectivity index (χ0) is 18.7. The number of rotatable bonds is 7. The van der Waals surface area contributed by atoms with Crippen molar-refractivity contribution in [3.8, 4) is 5.75 Å². The molecule has 0 unspecified atom stereocenters. The maximum Gasteiger partial charge on any atom is 0.244 e. The maximum atomic E-state index is 12.6. The number of fused-ring (bicyclic) bond motifs is 1. The van der Waals surface area contributed by atoms with E-state index in [1.165, 1.54) is 5.56 Å². The zero-order valence-corrected chi connectivity index (χ0v) is 15.8. The van der Waals surface area contributed by atoms with Crippen LogP contribution in [-0.4, -0.2) is 68.7 Å². The van der Waals surface area contributed by atoms with Gasteiger partial charge in [-0.1, -0.05) is 18.2 Å². The second kappa shape index (κ2) is 7.82. The molecular formula is C18H26N6O2. The Morgan fingerprint density at radius 1 is 1.35 bits per heavy atom. The molecule has 0 radical (unpaired) electrons. The van der Waals surface area contributed by atoms with Crippen molar-refractivity contribution in [2.24, 2.45) is 0 Å². The minimum Gasteiger partial charge on any atom is -0.488 e. The van der Waals surface area contributed by atoms with Crippen molar-refractivity contribution >= 4 is 5.91 Å². The summed E-state index contributed by atoms with van der Waals surface area (Å²) in [4.78, 5) is 16.4. The van der Waals surface area contributed by atoms with Crippen LogP contribution in [0.1, 0.15) is 25.2 Å². The van der Waals surface area contributed by atoms with Gasteiger partial charge in [-0.15, -0.1) is 5.10 Å². The summed E-state index contributed by atoms with van der Waals surface area (Å²) >= 11 is 0. The Morgan fingerprint density at radius 3 is 2.85 bits per heavy atom. The van der Waals surface area contributed by atoms with E-state index >= 15 is 0 Å². The van der Waals surface area contributed by atoms with Gasteiger partial charge >= 0.3 is 0 Å². The third-order valence-electron chi connectivity index (χ3n) is 4.78. The highest BCUT2D eigenvalue weighted by molar-refractivity contribution is 5.75. The Hall–Kier alpha value is -2.48. The molecule has 2 heterocycles. The monoisotopic (exact) mass is 358 g/mol. The molecule has 8 nitrogen and oxygen atoms in total. The highest BCUT2D eigenvalue weighted by Crippen LogP contribution is 2.28. The van der Waals surface area contributed by atoms with Gasteiger partial charge in [-0.25, -0.2) is 4.68 Å². The number of carbonyl (C=O) groups excluding carboxylic acids is 1. The van der Waals surface area contributed by atoms with Crippen molar-refractivity contribution in [2.75, 3.05) is 20.6 Å². The SMILES string of the molecule is CC(C)N(C)Cc1nnnn1CC(=O)N(C)C[C@H]1Cc2ccccc2O1. The highest BCUT2D eigenvalue weighted by atomic mass is 16.5. The van der Waals surface area contributed by atoms with Crippen LogP contribution in [0.3, 0.4) is 0 Å². The van der Waals surface area contributed by atoms with E-state index in [4.69, 9.17) is 4.74 Å². The zero-order valence-electron chi connectivity index (χ0n) is 15.8. The first-order valence-electron chi connectivity index (χ1n) is 8.88. The molecule has 8 heteroatoms. The van der Waals surface area contributed by atoms with E-state index in [0.717, 1.165) is 12.2 Å². The van der Waals surface area contributed by atoms with Crippen LogP contribution >= 0.6 is 0 Å². The van der Waals surface area contributed by atoms with Crippen molar-refractivity contribution in [1.29, 1.82) is 0 Å². The predicted octanol–water partition coefficient (Wildman–Crippen LogP) is 0.975. The first-order chi connectivity index (χ1) is 12.4. The molecule has 0 bridgehead atoms. The number of amides is 1. The fourth-order valence-corrected chi connectivity index (χ4v) is 2.88. The molecule has 2 aromatic rings. The van der Waals surface area contributed by atoms with Gasteiger partial charge < -0.3 is 9.64 Å². The second-order valence-electron chi connectivity index (χ2n) is 7.09. The molecule has 1 amide bonds. The summed E-state index contributed by atoms with van der Waals surface area (Å²) in [6.07, 6.45) is 0.810. The number of likely N-dealkylation sites (N-methyl/N-ethyl adjacent to an activating group) is 1. The van der Waals surface area contributed by atoms with Crippen LogP contribution in [0.25, 0.3) is 0 Å². The van der Waals surface area contributed by atoms with Crippen LogP contribution in [0, 0.1) is 0 Å². The van der Waals surface area contributed by atoms with E-state index in [-0.39, 0.29) is 18.6 Å². The molecule has 3 rings (SSSR count). The Balaban J connectivity index is 1.55. The smallest absolute Gasteiger partial charge is 0.244 e. The van der Waals surface area contributed by atoms with E-state index < -0.39 is 0 Å². The molecule has 0 saturated carbocycles. The van der Waals surface area contributed by atoms with Crippen molar-refractivity contribution in [2.45, 2.75) is 45.5 Å². The number of hydrogen-bond acceptors (Lipinski definition) is 6. The topological polar surface area (TPSA) is 76.4 Å². The average molecular weight is 358 g/mol. The predicted molar refractivity (Wildman–Crippen MR) is 96.6 cm³/mol. The number of aromatic nitrogens is 4. The number of tetrazole rings is 1. The van der Waals surface area contributed by atoms with Gasteiger partial charge in [-0.2, -0.15) is 0 Å². The number of carbonyl (C=O) groups is 1. The first-order valence-corrected chi connectivity index (χ1v) is 8.88. The van der Waals surface area contributed by atoms with Gasteiger partial charge in [0.1, 0.15) is 18.4 Å². The lowest BCUT2D eigenvalue weighted by molar-refractivity contribution is -0.131. The lowest BCUT2D eigenvalue weighted by Gasteiger charge is -2.22. The van der Waals surface area contributed by atoms with Crippen molar-refractivity contribution in [3.63, 3.8) is 0 Å². The van der Waals surface area contributed by atoms with E-state index in [9.17, 15) is 4.79 Å². The fourth-order valence-electron chi connectivity index (χ4n) is 2.88. The minimum absolute atomic E-state index is 0.0123. The molecule has 1 aromatic heterocycles. The summed E-state index contributed by atoms with van der Waals surface area (Å²) in [5, 5.41) is 11.7. The first kappa shape index (κ1) is 18.3. The molecule has 1 atom stereocenters. The molecule has 0 spiro atoms. The molecule has 1 aromatic carbocycles. The molecule has 0 aliphatic carbocycles. The summed E-state index contributed by atoms with van der Waals surface area (Å²) in [7, 11) is 3.80. The quantitative estimate of drug-likeness (QED) is 0.734. The molecule has 26 heavy (non-hydrogen) atoms. The van der Waals surface area contributed by atoms with Crippen LogP contribution in [0.15, 0.2) is 24.3 Å². The number of para-hydroxylation sites is 1. The van der Waals surface area contributed by atoms with Gasteiger partial charge in [0.25, 0.3) is 0 Å². The Labute approximate surface area is 153 Å². The van der Waals surface area contributed by atoms with Crippen molar-refractivity contribution in [3.05, 3.63) is 35.7 Å². The van der Waals surface area contributed by atoms with Crippen molar-refractivity contribution in [1.82, 2.24) is 30.0 Å². The molecule has 0 N–H and O–H groups in total. The maximum absolute atomic E-state index is 12.6. The van der Waals surface area contributed by atoms with Gasteiger partial charge in [0.05, 0.1) is 13.1 Å². The molecular weight excluding hydrogens is 332 g/mol. The molecule has 140 valence electrons. The summed E-state index contributed by atoms with van der Waals surface area (Å²) < 4.78 is 7.49. The molecule has 0 fully saturated rings. The number of benzene rings is 1. The molecule has 1 aliphatic rings. The van der Waals surface area contributed by atoms with Crippen LogP contribution in [0.5, 0.6) is 5.75 Å². The Morgan fingerprint density at radius 2 is 2.12 bits per heavy atom. The van der Waals surface area contributed by atoms with Crippen LogP contribution in [-0.2, 0) is 24.3 Å². The minimum atomic E-state index is -0.0368. The Kier molecular flexibility index (Phi) is 5.51. The number of ether oxygens (including phenoxy) is 1. The lowest BCUT2D eigenvalue weighted by Crippen LogP contribution is -2.38. The second-order valence-corrected chi connectivity index (χ2v) is 7.09. The fraction of sp³-hybridized carbons (Fsp3) is 0.556. The average Bonchev–Trinajstić information content (AvgIpc) is 3.20. The van der Waals surface area contributed by atoms with Gasteiger partial charge in [0, 0.05) is 19.5 Å². The number of nitrogens with zero attached hydrogens (tertiary/aromatic N) is 6. The summed E-state index contributed by atoms with van der Waals surface area (Å²) in [5.74, 6) is 1.57. The molecule has 0 saturated heterocycles. The summed E-state index contributed by atoms with van der Waals surface area (Å²) in [6.45, 7) is 5.48. The van der Waals surface area contributed by atoms with E-state index in [1.807, 2.05) is 25.2 Å². The van der Waals surface area contributed by atoms with Crippen LogP contribution < -0.4 is 4.74 Å². The van der Waals surface area contributed by atoms with Crippen molar-refractivity contribution < 1.29 is 9.53 Å². The third kappa shape index (κ3) is 4.19. The van der Waals surface area contributed by atoms with E-state index in [2.05, 4.69) is 40.3 Å². The lowest BCUT2D eigenvalue weighted by atomic mass is 10.1. The van der Waals surface area contributed by atoms with E-state index in [0.29, 0.717) is 25.0 Å². The van der Waals surface area contributed by atoms with Gasteiger partial charge in [0.15, 0.2) is 5.82 Å². The van der Waals surface area contributed by atoms with Gasteiger partial charge in [-0.05, 0) is 43.0 Å². The summed E-state index contributed by atoms with van der Waals surface area (Å²) in [6, 6.07) is 8.38. The Bertz CT molecular complexity index is 735. The highest BCUT2D eigenvalue weighted by Gasteiger charge is 2.25. The summed E-state index contributed by atoms with van der Waals surface area (Å²) in [5.41, 5.74) is 1.19.